The third-order valence-corrected chi connectivity index (χ3v) is 3.78. The van der Waals surface area contributed by atoms with Crippen LogP contribution in [0.3, 0.4) is 0 Å². The number of alkyl halides is 1. The van der Waals surface area contributed by atoms with Crippen molar-refractivity contribution in [3.05, 3.63) is 0 Å². The van der Waals surface area contributed by atoms with Crippen molar-refractivity contribution in [3.8, 4) is 6.07 Å². The Balaban J connectivity index is 2.17. The number of nitriles is 1. The van der Waals surface area contributed by atoms with Gasteiger partial charge < -0.3 is 0 Å². The minimum Gasteiger partial charge on any atom is -0.198 e. The van der Waals surface area contributed by atoms with Gasteiger partial charge in [0.2, 0.25) is 0 Å². The van der Waals surface area contributed by atoms with E-state index in [0.29, 0.717) is 4.32 Å². The van der Waals surface area contributed by atoms with Crippen molar-refractivity contribution in [1.82, 2.24) is 0 Å². The Morgan fingerprint density at radius 2 is 2.00 bits per heavy atom. The molecule has 3 aliphatic carbocycles. The first-order valence-electron chi connectivity index (χ1n) is 3.78. The summed E-state index contributed by atoms with van der Waals surface area (Å²) in [6.45, 7) is 0. The van der Waals surface area contributed by atoms with Gasteiger partial charge in [-0.15, -0.1) is 0 Å². The molecular weight excluding hydrogens is 190 g/mol. The fourth-order valence-electron chi connectivity index (χ4n) is 2.39. The molecule has 54 valence electrons. The summed E-state index contributed by atoms with van der Waals surface area (Å²) in [5.74, 6) is 0. The second-order valence-corrected chi connectivity index (χ2v) is 5.43. The van der Waals surface area contributed by atoms with Gasteiger partial charge >= 0.3 is 0 Å². The van der Waals surface area contributed by atoms with Gasteiger partial charge in [-0.2, -0.15) is 5.26 Å². The average molecular weight is 200 g/mol. The molecule has 3 fully saturated rings. The van der Waals surface area contributed by atoms with Gasteiger partial charge in [-0.3, -0.25) is 0 Å². The van der Waals surface area contributed by atoms with Crippen LogP contribution in [0.5, 0.6) is 0 Å². The van der Waals surface area contributed by atoms with Crippen molar-refractivity contribution in [2.45, 2.75) is 36.4 Å². The summed E-state index contributed by atoms with van der Waals surface area (Å²) in [7, 11) is 0. The zero-order valence-corrected chi connectivity index (χ0v) is 7.45. The smallest absolute Gasteiger partial charge is 0.0690 e. The predicted molar refractivity (Wildman–Crippen MR) is 42.8 cm³/mol. The molecule has 0 aromatic carbocycles. The van der Waals surface area contributed by atoms with Gasteiger partial charge in [0.15, 0.2) is 0 Å². The molecule has 0 aliphatic heterocycles. The molecule has 2 bridgehead atoms. The zero-order valence-electron chi connectivity index (χ0n) is 5.86. The van der Waals surface area contributed by atoms with E-state index >= 15 is 0 Å². The van der Waals surface area contributed by atoms with Crippen LogP contribution in [0.2, 0.25) is 0 Å². The van der Waals surface area contributed by atoms with E-state index in [-0.39, 0.29) is 5.41 Å². The second-order valence-electron chi connectivity index (χ2n) is 3.75. The van der Waals surface area contributed by atoms with Crippen LogP contribution in [0.1, 0.15) is 32.1 Å². The molecule has 2 heteroatoms. The van der Waals surface area contributed by atoms with Crippen LogP contribution in [-0.2, 0) is 0 Å². The number of nitrogens with zero attached hydrogens (tertiary/aromatic N) is 1. The highest BCUT2D eigenvalue weighted by molar-refractivity contribution is 9.10. The maximum atomic E-state index is 8.83. The van der Waals surface area contributed by atoms with E-state index in [0.717, 1.165) is 19.3 Å². The monoisotopic (exact) mass is 199 g/mol. The average Bonchev–Trinajstić information content (AvgIpc) is 1.86. The second kappa shape index (κ2) is 1.76. The standard InChI is InChI=1S/C8H10BrN/c9-8-3-1-2-7(4-8,5-8)6-10/h1-5H2. The van der Waals surface area contributed by atoms with Gasteiger partial charge in [-0.25, -0.2) is 0 Å². The molecule has 0 aromatic heterocycles. The third kappa shape index (κ3) is 0.734. The molecular formula is C8H10BrN. The lowest BCUT2D eigenvalue weighted by Crippen LogP contribution is -2.50. The van der Waals surface area contributed by atoms with Crippen LogP contribution >= 0.6 is 15.9 Å². The highest BCUT2D eigenvalue weighted by Gasteiger charge is 2.56. The SMILES string of the molecule is N#CC12CCCC(Br)(C1)C2. The van der Waals surface area contributed by atoms with E-state index in [9.17, 15) is 0 Å². The first-order valence-corrected chi connectivity index (χ1v) is 4.58. The molecule has 0 heterocycles. The lowest BCUT2D eigenvalue weighted by atomic mass is 9.55. The highest BCUT2D eigenvalue weighted by Crippen LogP contribution is 2.61. The molecule has 3 aliphatic rings. The van der Waals surface area contributed by atoms with Crippen molar-refractivity contribution < 1.29 is 0 Å². The lowest BCUT2D eigenvalue weighted by Gasteiger charge is -2.54. The van der Waals surface area contributed by atoms with Crippen LogP contribution in [0.15, 0.2) is 0 Å². The fraction of sp³-hybridized carbons (Fsp3) is 0.875. The minimum atomic E-state index is 0.0851. The molecule has 0 aromatic rings. The number of halogens is 1. The van der Waals surface area contributed by atoms with E-state index < -0.39 is 0 Å². The Kier molecular flexibility index (Phi) is 1.18. The van der Waals surface area contributed by atoms with E-state index in [1.165, 1.54) is 12.8 Å². The summed E-state index contributed by atoms with van der Waals surface area (Å²) in [5.41, 5.74) is 0.0851. The molecule has 1 nitrogen and oxygen atoms in total. The van der Waals surface area contributed by atoms with Crippen molar-refractivity contribution in [2.24, 2.45) is 5.41 Å². The maximum absolute atomic E-state index is 8.83. The summed E-state index contributed by atoms with van der Waals surface area (Å²) < 4.78 is 0.376. The normalized spacial score (nSPS) is 51.2. The van der Waals surface area contributed by atoms with Crippen molar-refractivity contribution in [3.63, 3.8) is 0 Å². The number of hydrogen-bond acceptors (Lipinski definition) is 1. The molecule has 3 rings (SSSR count). The summed E-state index contributed by atoms with van der Waals surface area (Å²) in [6.07, 6.45) is 5.83. The largest absolute Gasteiger partial charge is 0.198 e. The Morgan fingerprint density at radius 3 is 2.40 bits per heavy atom. The maximum Gasteiger partial charge on any atom is 0.0690 e. The Labute approximate surface area is 69.5 Å². The molecule has 0 atom stereocenters. The van der Waals surface area contributed by atoms with Crippen LogP contribution in [0, 0.1) is 16.7 Å². The third-order valence-electron chi connectivity index (χ3n) is 2.83. The van der Waals surface area contributed by atoms with Gasteiger partial charge in [0.1, 0.15) is 0 Å². The molecule has 0 amide bonds. The molecule has 0 N–H and O–H groups in total. The van der Waals surface area contributed by atoms with Crippen LogP contribution in [0.25, 0.3) is 0 Å². The Hall–Kier alpha value is -0.0300. The lowest BCUT2D eigenvalue weighted by molar-refractivity contribution is 0.0824. The fourth-order valence-corrected chi connectivity index (χ4v) is 3.75. The first-order chi connectivity index (χ1) is 4.68. The minimum absolute atomic E-state index is 0.0851. The van der Waals surface area contributed by atoms with E-state index in [2.05, 4.69) is 22.0 Å². The van der Waals surface area contributed by atoms with Crippen molar-refractivity contribution >= 4 is 15.9 Å². The van der Waals surface area contributed by atoms with Crippen molar-refractivity contribution in [1.29, 1.82) is 5.26 Å². The molecule has 0 radical (unpaired) electrons. The van der Waals surface area contributed by atoms with Gasteiger partial charge in [-0.05, 0) is 25.7 Å². The summed E-state index contributed by atoms with van der Waals surface area (Å²) in [6, 6.07) is 2.44. The van der Waals surface area contributed by atoms with Gasteiger partial charge in [0.05, 0.1) is 11.5 Å². The van der Waals surface area contributed by atoms with Crippen LogP contribution in [0.4, 0.5) is 0 Å². The molecule has 3 saturated carbocycles. The molecule has 0 unspecified atom stereocenters. The summed E-state index contributed by atoms with van der Waals surface area (Å²) in [4.78, 5) is 0. The van der Waals surface area contributed by atoms with Gasteiger partial charge in [0, 0.05) is 4.32 Å². The quantitative estimate of drug-likeness (QED) is 0.551. The van der Waals surface area contributed by atoms with Crippen molar-refractivity contribution in [2.75, 3.05) is 0 Å². The van der Waals surface area contributed by atoms with E-state index in [1.54, 1.807) is 0 Å². The molecule has 0 spiro atoms. The summed E-state index contributed by atoms with van der Waals surface area (Å²) >= 11 is 3.68. The first kappa shape index (κ1) is 6.67. The Bertz CT molecular complexity index is 198. The number of hydrogen-bond donors (Lipinski definition) is 0. The Morgan fingerprint density at radius 1 is 1.30 bits per heavy atom. The van der Waals surface area contributed by atoms with E-state index in [4.69, 9.17) is 5.26 Å². The van der Waals surface area contributed by atoms with Gasteiger partial charge in [0.25, 0.3) is 0 Å². The predicted octanol–water partition coefficient (Wildman–Crippen LogP) is 2.61. The number of fused-ring (bicyclic) bond motifs is 2. The number of rotatable bonds is 0. The molecule has 10 heavy (non-hydrogen) atoms. The van der Waals surface area contributed by atoms with E-state index in [1.807, 2.05) is 0 Å². The zero-order chi connectivity index (χ0) is 7.24. The topological polar surface area (TPSA) is 23.8 Å². The van der Waals surface area contributed by atoms with Gasteiger partial charge in [-0.1, -0.05) is 22.4 Å². The highest BCUT2D eigenvalue weighted by atomic mass is 79.9. The van der Waals surface area contributed by atoms with Crippen LogP contribution < -0.4 is 0 Å². The summed E-state index contributed by atoms with van der Waals surface area (Å²) in [5, 5.41) is 8.83. The molecule has 0 saturated heterocycles. The van der Waals surface area contributed by atoms with Crippen LogP contribution in [-0.4, -0.2) is 4.32 Å².